The predicted octanol–water partition coefficient (Wildman–Crippen LogP) is 3.56. The Morgan fingerprint density at radius 3 is 2.41 bits per heavy atom. The predicted molar refractivity (Wildman–Crippen MR) is 125 cm³/mol. The number of hydrogen-bond donors (Lipinski definition) is 2. The van der Waals surface area contributed by atoms with Gasteiger partial charge in [0, 0.05) is 36.8 Å². The molecule has 1 heterocycles. The van der Waals surface area contributed by atoms with Crippen molar-refractivity contribution in [3.8, 4) is 0 Å². The molecule has 0 unspecified atom stereocenters. The first-order valence-electron chi connectivity index (χ1n) is 11.1. The molecule has 3 rings (SSSR count). The molecule has 0 aromatic heterocycles. The molecule has 172 valence electrons. The first-order valence-corrected chi connectivity index (χ1v) is 12.5. The largest absolute Gasteiger partial charge is 0.356 e. The van der Waals surface area contributed by atoms with Gasteiger partial charge in [-0.1, -0.05) is 37.1 Å². The average molecular weight is 458 g/mol. The van der Waals surface area contributed by atoms with Gasteiger partial charge < -0.3 is 10.2 Å². The molecule has 8 heteroatoms. The summed E-state index contributed by atoms with van der Waals surface area (Å²) >= 11 is 0. The third-order valence-electron chi connectivity index (χ3n) is 5.68. The van der Waals surface area contributed by atoms with Gasteiger partial charge in [-0.2, -0.15) is 0 Å². The Morgan fingerprint density at radius 1 is 1.06 bits per heavy atom. The molecule has 2 amide bonds. The van der Waals surface area contributed by atoms with E-state index in [0.29, 0.717) is 43.7 Å². The highest BCUT2D eigenvalue weighted by Crippen LogP contribution is 2.22. The molecule has 0 atom stereocenters. The number of nitrogens with one attached hydrogen (secondary N) is 2. The van der Waals surface area contributed by atoms with Crippen molar-refractivity contribution in [2.75, 3.05) is 24.4 Å². The number of anilines is 1. The van der Waals surface area contributed by atoms with E-state index < -0.39 is 10.0 Å². The zero-order valence-electron chi connectivity index (χ0n) is 18.6. The van der Waals surface area contributed by atoms with Gasteiger partial charge in [0.1, 0.15) is 0 Å². The highest BCUT2D eigenvalue weighted by Gasteiger charge is 2.27. The second kappa shape index (κ2) is 10.6. The Bertz CT molecular complexity index is 1040. The van der Waals surface area contributed by atoms with Crippen LogP contribution in [-0.4, -0.2) is 44.8 Å². The molecule has 1 fully saturated rings. The van der Waals surface area contributed by atoms with Crippen LogP contribution in [0.15, 0.2) is 53.4 Å². The molecular formula is C24H31N3O4S. The van der Waals surface area contributed by atoms with Gasteiger partial charge in [-0.25, -0.2) is 8.42 Å². The summed E-state index contributed by atoms with van der Waals surface area (Å²) < 4.78 is 27.8. The van der Waals surface area contributed by atoms with Crippen LogP contribution in [0.1, 0.15) is 48.5 Å². The SMILES string of the molecule is CCCCNC(=O)C1CCN(C(=O)c2cccc(NS(=O)(=O)c3ccc(C)cc3)c2)CC1. The fraction of sp³-hybridized carbons (Fsp3) is 0.417. The first-order chi connectivity index (χ1) is 15.3. The number of carbonyl (C=O) groups excluding carboxylic acids is 2. The van der Waals surface area contributed by atoms with Gasteiger partial charge in [0.05, 0.1) is 4.90 Å². The quantitative estimate of drug-likeness (QED) is 0.593. The molecule has 1 saturated heterocycles. The Morgan fingerprint density at radius 2 is 1.75 bits per heavy atom. The molecule has 1 aliphatic heterocycles. The van der Waals surface area contributed by atoms with E-state index in [2.05, 4.69) is 17.0 Å². The molecule has 32 heavy (non-hydrogen) atoms. The maximum absolute atomic E-state index is 13.0. The number of aryl methyl sites for hydroxylation is 1. The smallest absolute Gasteiger partial charge is 0.261 e. The summed E-state index contributed by atoms with van der Waals surface area (Å²) in [5.74, 6) is -0.159. The summed E-state index contributed by atoms with van der Waals surface area (Å²) in [6.07, 6.45) is 3.26. The maximum Gasteiger partial charge on any atom is 0.261 e. The average Bonchev–Trinajstić information content (AvgIpc) is 2.79. The van der Waals surface area contributed by atoms with Crippen molar-refractivity contribution in [3.63, 3.8) is 0 Å². The summed E-state index contributed by atoms with van der Waals surface area (Å²) in [5.41, 5.74) is 1.72. The van der Waals surface area contributed by atoms with Crippen LogP contribution in [0.3, 0.4) is 0 Å². The van der Waals surface area contributed by atoms with E-state index in [1.165, 1.54) is 0 Å². The Labute approximate surface area is 190 Å². The van der Waals surface area contributed by atoms with Crippen molar-refractivity contribution >= 4 is 27.5 Å². The van der Waals surface area contributed by atoms with Crippen molar-refractivity contribution < 1.29 is 18.0 Å². The standard InChI is InChI=1S/C24H31N3O4S/c1-3-4-14-25-23(28)19-12-15-27(16-13-19)24(29)20-6-5-7-21(17-20)26-32(30,31)22-10-8-18(2)9-11-22/h5-11,17,19,26H,3-4,12-16H2,1-2H3,(H,25,28). The van der Waals surface area contributed by atoms with Crippen LogP contribution in [0.2, 0.25) is 0 Å². The monoisotopic (exact) mass is 457 g/mol. The lowest BCUT2D eigenvalue weighted by Crippen LogP contribution is -2.43. The van der Waals surface area contributed by atoms with Crippen molar-refractivity contribution in [2.24, 2.45) is 5.92 Å². The summed E-state index contributed by atoms with van der Waals surface area (Å²) in [5, 5.41) is 2.97. The fourth-order valence-corrected chi connectivity index (χ4v) is 4.76. The molecule has 0 radical (unpaired) electrons. The molecule has 2 aromatic carbocycles. The van der Waals surface area contributed by atoms with Crippen LogP contribution < -0.4 is 10.0 Å². The van der Waals surface area contributed by atoms with Crippen molar-refractivity contribution in [3.05, 3.63) is 59.7 Å². The highest BCUT2D eigenvalue weighted by molar-refractivity contribution is 7.92. The summed E-state index contributed by atoms with van der Waals surface area (Å²) in [4.78, 5) is 27.1. The number of sulfonamides is 1. The minimum absolute atomic E-state index is 0.0661. The number of unbranched alkanes of at least 4 members (excludes halogenated alkanes) is 1. The molecule has 0 bridgehead atoms. The number of piperidine rings is 1. The van der Waals surface area contributed by atoms with Gasteiger partial charge in [0.15, 0.2) is 0 Å². The normalized spacial score (nSPS) is 14.8. The summed E-state index contributed by atoms with van der Waals surface area (Å²) in [7, 11) is -3.74. The van der Waals surface area contributed by atoms with Crippen LogP contribution in [0.5, 0.6) is 0 Å². The number of carbonyl (C=O) groups is 2. The van der Waals surface area contributed by atoms with Gasteiger partial charge in [-0.15, -0.1) is 0 Å². The Hall–Kier alpha value is -2.87. The van der Waals surface area contributed by atoms with E-state index in [4.69, 9.17) is 0 Å². The lowest BCUT2D eigenvalue weighted by molar-refractivity contribution is -0.126. The molecule has 2 aromatic rings. The van der Waals surface area contributed by atoms with Gasteiger partial charge in [-0.05, 0) is 56.5 Å². The van der Waals surface area contributed by atoms with Crippen LogP contribution in [0.25, 0.3) is 0 Å². The van der Waals surface area contributed by atoms with Crippen molar-refractivity contribution in [1.29, 1.82) is 0 Å². The van der Waals surface area contributed by atoms with Gasteiger partial charge in [-0.3, -0.25) is 14.3 Å². The molecule has 0 saturated carbocycles. The first kappa shape index (κ1) is 23.8. The fourth-order valence-electron chi connectivity index (χ4n) is 3.71. The zero-order valence-corrected chi connectivity index (χ0v) is 19.5. The van der Waals surface area contributed by atoms with E-state index in [1.807, 2.05) is 6.92 Å². The third-order valence-corrected chi connectivity index (χ3v) is 7.07. The second-order valence-electron chi connectivity index (χ2n) is 8.21. The molecule has 2 N–H and O–H groups in total. The maximum atomic E-state index is 13.0. The lowest BCUT2D eigenvalue weighted by atomic mass is 9.95. The van der Waals surface area contributed by atoms with Gasteiger partial charge in [0.2, 0.25) is 5.91 Å². The van der Waals surface area contributed by atoms with E-state index in [9.17, 15) is 18.0 Å². The highest BCUT2D eigenvalue weighted by atomic mass is 32.2. The minimum atomic E-state index is -3.74. The number of hydrogen-bond acceptors (Lipinski definition) is 4. The molecule has 7 nitrogen and oxygen atoms in total. The van der Waals surface area contributed by atoms with Gasteiger partial charge >= 0.3 is 0 Å². The van der Waals surface area contributed by atoms with Crippen molar-refractivity contribution in [2.45, 2.75) is 44.4 Å². The zero-order chi connectivity index (χ0) is 23.1. The van der Waals surface area contributed by atoms with E-state index in [0.717, 1.165) is 18.4 Å². The summed E-state index contributed by atoms with van der Waals surface area (Å²) in [6, 6.07) is 13.1. The number of likely N-dealkylation sites (tertiary alicyclic amines) is 1. The van der Waals surface area contributed by atoms with Crippen LogP contribution in [-0.2, 0) is 14.8 Å². The van der Waals surface area contributed by atoms with Gasteiger partial charge in [0.25, 0.3) is 15.9 Å². The van der Waals surface area contributed by atoms with Crippen LogP contribution in [0.4, 0.5) is 5.69 Å². The summed E-state index contributed by atoms with van der Waals surface area (Å²) in [6.45, 7) is 5.67. The minimum Gasteiger partial charge on any atom is -0.356 e. The van der Waals surface area contributed by atoms with E-state index in [1.54, 1.807) is 53.4 Å². The number of benzene rings is 2. The number of rotatable bonds is 8. The topological polar surface area (TPSA) is 95.6 Å². The van der Waals surface area contributed by atoms with E-state index >= 15 is 0 Å². The van der Waals surface area contributed by atoms with E-state index in [-0.39, 0.29) is 22.6 Å². The third kappa shape index (κ3) is 6.09. The lowest BCUT2D eigenvalue weighted by Gasteiger charge is -2.31. The van der Waals surface area contributed by atoms with Crippen molar-refractivity contribution in [1.82, 2.24) is 10.2 Å². The Kier molecular flexibility index (Phi) is 7.90. The number of amides is 2. The molecular weight excluding hydrogens is 426 g/mol. The second-order valence-corrected chi connectivity index (χ2v) is 9.89. The molecule has 0 aliphatic carbocycles. The van der Waals surface area contributed by atoms with Crippen LogP contribution in [0, 0.1) is 12.8 Å². The molecule has 1 aliphatic rings. The Balaban J connectivity index is 1.61. The van der Waals surface area contributed by atoms with Crippen LogP contribution >= 0.6 is 0 Å². The number of nitrogens with zero attached hydrogens (tertiary/aromatic N) is 1. The molecule has 0 spiro atoms.